The van der Waals surface area contributed by atoms with Crippen LogP contribution in [-0.4, -0.2) is 15.6 Å². The van der Waals surface area contributed by atoms with E-state index in [0.717, 1.165) is 12.1 Å². The highest BCUT2D eigenvalue weighted by atomic mass is 16.4. The van der Waals surface area contributed by atoms with Gasteiger partial charge in [0.25, 0.3) is 0 Å². The van der Waals surface area contributed by atoms with E-state index in [1.165, 1.54) is 16.5 Å². The molecule has 0 radical (unpaired) electrons. The van der Waals surface area contributed by atoms with Gasteiger partial charge in [0.1, 0.15) is 0 Å². The third-order valence-corrected chi connectivity index (χ3v) is 3.71. The fourth-order valence-corrected chi connectivity index (χ4v) is 2.48. The zero-order valence-electron chi connectivity index (χ0n) is 12.0. The highest BCUT2D eigenvalue weighted by Gasteiger charge is 2.27. The average molecular weight is 259 g/mol. The fraction of sp³-hybridized carbons (Fsp3) is 0.438. The summed E-state index contributed by atoms with van der Waals surface area (Å²) in [5.74, 6) is -0.755. The lowest BCUT2D eigenvalue weighted by atomic mass is 9.86. The largest absolute Gasteiger partial charge is 0.481 e. The number of carbonyl (C=O) groups is 1. The molecule has 0 amide bonds. The number of aliphatic carboxylic acids is 1. The van der Waals surface area contributed by atoms with Crippen LogP contribution in [0.15, 0.2) is 24.4 Å². The molecule has 1 heterocycles. The van der Waals surface area contributed by atoms with Gasteiger partial charge in [-0.1, -0.05) is 12.1 Å². The van der Waals surface area contributed by atoms with E-state index in [1.54, 1.807) is 13.8 Å². The number of rotatable bonds is 4. The highest BCUT2D eigenvalue weighted by Crippen LogP contribution is 2.27. The molecule has 2 aromatic rings. The lowest BCUT2D eigenvalue weighted by molar-refractivity contribution is -0.146. The molecule has 0 saturated heterocycles. The van der Waals surface area contributed by atoms with Gasteiger partial charge in [0.2, 0.25) is 0 Å². The van der Waals surface area contributed by atoms with Crippen LogP contribution < -0.4 is 0 Å². The Morgan fingerprint density at radius 3 is 2.63 bits per heavy atom. The van der Waals surface area contributed by atoms with Crippen LogP contribution in [0, 0.1) is 12.3 Å². The molecule has 2 rings (SSSR count). The van der Waals surface area contributed by atoms with Crippen LogP contribution >= 0.6 is 0 Å². The summed E-state index contributed by atoms with van der Waals surface area (Å²) < 4.78 is 2.21. The molecule has 0 aliphatic heterocycles. The quantitative estimate of drug-likeness (QED) is 0.911. The molecule has 1 aromatic heterocycles. The first-order valence-electron chi connectivity index (χ1n) is 6.67. The van der Waals surface area contributed by atoms with Crippen LogP contribution in [-0.2, 0) is 17.8 Å². The molecule has 0 aliphatic carbocycles. The van der Waals surface area contributed by atoms with Crippen LogP contribution in [0.3, 0.4) is 0 Å². The van der Waals surface area contributed by atoms with Gasteiger partial charge in [-0.3, -0.25) is 4.79 Å². The maximum atomic E-state index is 11.2. The van der Waals surface area contributed by atoms with Crippen molar-refractivity contribution in [2.75, 3.05) is 0 Å². The van der Waals surface area contributed by atoms with Gasteiger partial charge in [0.15, 0.2) is 0 Å². The summed E-state index contributed by atoms with van der Waals surface area (Å²) in [5.41, 5.74) is 2.80. The Morgan fingerprint density at radius 1 is 1.37 bits per heavy atom. The van der Waals surface area contributed by atoms with E-state index >= 15 is 0 Å². The Bertz CT molecular complexity index is 623. The van der Waals surface area contributed by atoms with Crippen LogP contribution in [0.25, 0.3) is 10.9 Å². The zero-order chi connectivity index (χ0) is 14.2. The third kappa shape index (κ3) is 2.50. The molecular weight excluding hydrogens is 238 g/mol. The SMILES string of the molecule is CCn1cc(C)c2ccc(CC(C)(C)C(=O)O)cc21. The number of aryl methyl sites for hydroxylation is 2. The third-order valence-electron chi connectivity index (χ3n) is 3.71. The minimum atomic E-state index is -0.755. The molecule has 0 spiro atoms. The second kappa shape index (κ2) is 4.72. The van der Waals surface area contributed by atoms with E-state index < -0.39 is 11.4 Å². The maximum Gasteiger partial charge on any atom is 0.309 e. The van der Waals surface area contributed by atoms with Gasteiger partial charge in [-0.05, 0) is 51.3 Å². The van der Waals surface area contributed by atoms with E-state index in [2.05, 4.69) is 36.7 Å². The normalized spacial score (nSPS) is 12.0. The first-order chi connectivity index (χ1) is 8.85. The Hall–Kier alpha value is -1.77. The molecule has 1 aromatic carbocycles. The molecule has 0 bridgehead atoms. The van der Waals surface area contributed by atoms with Gasteiger partial charge >= 0.3 is 5.97 Å². The molecule has 0 fully saturated rings. The predicted molar refractivity (Wildman–Crippen MR) is 77.5 cm³/mol. The standard InChI is InChI=1S/C16H21NO2/c1-5-17-10-11(2)13-7-6-12(8-14(13)17)9-16(3,4)15(18)19/h6-8,10H,5,9H2,1-4H3,(H,18,19). The van der Waals surface area contributed by atoms with Crippen molar-refractivity contribution in [3.8, 4) is 0 Å². The minimum absolute atomic E-state index is 0.548. The van der Waals surface area contributed by atoms with Crippen LogP contribution in [0.1, 0.15) is 31.9 Å². The predicted octanol–water partition coefficient (Wildman–Crippen LogP) is 3.62. The molecule has 0 atom stereocenters. The second-order valence-electron chi connectivity index (χ2n) is 5.82. The summed E-state index contributed by atoms with van der Waals surface area (Å²) in [7, 11) is 0. The first kappa shape index (κ1) is 13.7. The van der Waals surface area contributed by atoms with Crippen molar-refractivity contribution < 1.29 is 9.90 Å². The van der Waals surface area contributed by atoms with E-state index in [-0.39, 0.29) is 0 Å². The molecule has 3 heteroatoms. The molecule has 102 valence electrons. The number of benzene rings is 1. The van der Waals surface area contributed by atoms with Crippen molar-refractivity contribution in [2.45, 2.75) is 40.7 Å². The Balaban J connectivity index is 2.44. The Kier molecular flexibility index (Phi) is 3.40. The van der Waals surface area contributed by atoms with Gasteiger partial charge < -0.3 is 9.67 Å². The van der Waals surface area contributed by atoms with Gasteiger partial charge in [-0.2, -0.15) is 0 Å². The monoisotopic (exact) mass is 259 g/mol. The Morgan fingerprint density at radius 2 is 2.05 bits per heavy atom. The molecule has 0 unspecified atom stereocenters. The summed E-state index contributed by atoms with van der Waals surface area (Å²) >= 11 is 0. The van der Waals surface area contributed by atoms with Crippen molar-refractivity contribution in [2.24, 2.45) is 5.41 Å². The number of nitrogens with zero attached hydrogens (tertiary/aromatic N) is 1. The van der Waals surface area contributed by atoms with Gasteiger partial charge in [0.05, 0.1) is 5.41 Å². The van der Waals surface area contributed by atoms with Gasteiger partial charge in [-0.25, -0.2) is 0 Å². The summed E-state index contributed by atoms with van der Waals surface area (Å²) in [6.07, 6.45) is 2.70. The van der Waals surface area contributed by atoms with Crippen molar-refractivity contribution >= 4 is 16.9 Å². The van der Waals surface area contributed by atoms with Crippen molar-refractivity contribution in [1.82, 2.24) is 4.57 Å². The molecule has 3 nitrogen and oxygen atoms in total. The zero-order valence-corrected chi connectivity index (χ0v) is 12.0. The van der Waals surface area contributed by atoms with Crippen LogP contribution in [0.2, 0.25) is 0 Å². The minimum Gasteiger partial charge on any atom is -0.481 e. The molecule has 1 N–H and O–H groups in total. The van der Waals surface area contributed by atoms with E-state index in [1.807, 2.05) is 6.07 Å². The number of hydrogen-bond donors (Lipinski definition) is 1. The van der Waals surface area contributed by atoms with E-state index in [9.17, 15) is 9.90 Å². The van der Waals surface area contributed by atoms with Crippen molar-refractivity contribution in [3.63, 3.8) is 0 Å². The second-order valence-corrected chi connectivity index (χ2v) is 5.82. The summed E-state index contributed by atoms with van der Waals surface area (Å²) in [4.78, 5) is 11.2. The first-order valence-corrected chi connectivity index (χ1v) is 6.67. The number of carboxylic acid groups (broad SMARTS) is 1. The smallest absolute Gasteiger partial charge is 0.309 e. The summed E-state index contributed by atoms with van der Waals surface area (Å²) in [6.45, 7) is 8.69. The van der Waals surface area contributed by atoms with E-state index in [4.69, 9.17) is 0 Å². The maximum absolute atomic E-state index is 11.2. The number of aromatic nitrogens is 1. The number of hydrogen-bond acceptors (Lipinski definition) is 1. The topological polar surface area (TPSA) is 42.2 Å². The van der Waals surface area contributed by atoms with Gasteiger partial charge in [-0.15, -0.1) is 0 Å². The van der Waals surface area contributed by atoms with Gasteiger partial charge in [0, 0.05) is 23.6 Å². The van der Waals surface area contributed by atoms with Crippen LogP contribution in [0.4, 0.5) is 0 Å². The lowest BCUT2D eigenvalue weighted by Gasteiger charge is -2.19. The van der Waals surface area contributed by atoms with Crippen molar-refractivity contribution in [3.05, 3.63) is 35.5 Å². The summed E-state index contributed by atoms with van der Waals surface area (Å²) in [6, 6.07) is 6.26. The van der Waals surface area contributed by atoms with Crippen molar-refractivity contribution in [1.29, 1.82) is 0 Å². The average Bonchev–Trinajstić information content (AvgIpc) is 2.65. The number of fused-ring (bicyclic) bond motifs is 1. The Labute approximate surface area is 113 Å². The van der Waals surface area contributed by atoms with E-state index in [0.29, 0.717) is 6.42 Å². The van der Waals surface area contributed by atoms with Crippen LogP contribution in [0.5, 0.6) is 0 Å². The molecular formula is C16H21NO2. The summed E-state index contributed by atoms with van der Waals surface area (Å²) in [5, 5.41) is 10.5. The molecule has 19 heavy (non-hydrogen) atoms. The molecule has 0 aliphatic rings. The molecule has 0 saturated carbocycles. The lowest BCUT2D eigenvalue weighted by Crippen LogP contribution is -2.26. The fourth-order valence-electron chi connectivity index (χ4n) is 2.48. The number of carboxylic acids is 1. The highest BCUT2D eigenvalue weighted by molar-refractivity contribution is 5.84.